The number of rotatable bonds is 6. The first-order chi connectivity index (χ1) is 8.47. The Labute approximate surface area is 113 Å². The predicted molar refractivity (Wildman–Crippen MR) is 70.6 cm³/mol. The lowest BCUT2D eigenvalue weighted by Crippen LogP contribution is -2.16. The number of methoxy groups -OCH3 is 1. The first kappa shape index (κ1) is 14.9. The molecular weight excluding hydrogens is 305 g/mol. The van der Waals surface area contributed by atoms with E-state index in [1.807, 2.05) is 6.92 Å². The van der Waals surface area contributed by atoms with E-state index in [9.17, 15) is 9.18 Å². The van der Waals surface area contributed by atoms with Gasteiger partial charge in [-0.05, 0) is 34.0 Å². The first-order valence-corrected chi connectivity index (χ1v) is 6.20. The van der Waals surface area contributed by atoms with Crippen molar-refractivity contribution in [1.29, 1.82) is 0 Å². The summed E-state index contributed by atoms with van der Waals surface area (Å²) in [5.74, 6) is -1.54. The molecule has 0 fully saturated rings. The number of hydrogen-bond donors (Lipinski definition) is 2. The molecule has 0 heterocycles. The largest absolute Gasteiger partial charge is 0.478 e. The van der Waals surface area contributed by atoms with E-state index < -0.39 is 11.8 Å². The maximum Gasteiger partial charge on any atom is 0.336 e. The monoisotopic (exact) mass is 319 g/mol. The summed E-state index contributed by atoms with van der Waals surface area (Å²) >= 11 is 2.95. The van der Waals surface area contributed by atoms with Gasteiger partial charge in [-0.3, -0.25) is 0 Å². The van der Waals surface area contributed by atoms with E-state index in [2.05, 4.69) is 21.2 Å². The van der Waals surface area contributed by atoms with Crippen molar-refractivity contribution in [3.05, 3.63) is 28.0 Å². The Kier molecular flexibility index (Phi) is 5.55. The molecule has 1 unspecified atom stereocenters. The van der Waals surface area contributed by atoms with E-state index in [1.165, 1.54) is 12.1 Å². The van der Waals surface area contributed by atoms with E-state index in [0.29, 0.717) is 13.2 Å². The molecule has 6 heteroatoms. The van der Waals surface area contributed by atoms with E-state index in [4.69, 9.17) is 9.84 Å². The lowest BCUT2D eigenvalue weighted by molar-refractivity contribution is 0.0695. The van der Waals surface area contributed by atoms with Crippen molar-refractivity contribution < 1.29 is 19.0 Å². The molecule has 0 aliphatic heterocycles. The summed E-state index contributed by atoms with van der Waals surface area (Å²) in [7, 11) is 1.61. The van der Waals surface area contributed by atoms with E-state index in [0.717, 1.165) is 0 Å². The molecule has 1 atom stereocenters. The molecule has 100 valence electrons. The average Bonchev–Trinajstić information content (AvgIpc) is 2.31. The zero-order chi connectivity index (χ0) is 13.7. The molecule has 1 aromatic rings. The Balaban J connectivity index is 2.79. The van der Waals surface area contributed by atoms with Gasteiger partial charge in [0.2, 0.25) is 0 Å². The van der Waals surface area contributed by atoms with Crippen LogP contribution in [0.5, 0.6) is 0 Å². The zero-order valence-electron chi connectivity index (χ0n) is 10.2. The Morgan fingerprint density at radius 3 is 2.83 bits per heavy atom. The fraction of sp³-hybridized carbons (Fsp3) is 0.417. The maximum atomic E-state index is 13.9. The van der Waals surface area contributed by atoms with Crippen LogP contribution >= 0.6 is 15.9 Å². The highest BCUT2D eigenvalue weighted by Gasteiger charge is 2.15. The molecule has 0 radical (unpaired) electrons. The van der Waals surface area contributed by atoms with Crippen LogP contribution in [0.3, 0.4) is 0 Å². The Morgan fingerprint density at radius 2 is 2.28 bits per heavy atom. The van der Waals surface area contributed by atoms with Crippen LogP contribution in [0.25, 0.3) is 0 Å². The highest BCUT2D eigenvalue weighted by molar-refractivity contribution is 9.10. The second-order valence-electron chi connectivity index (χ2n) is 4.04. The second-order valence-corrected chi connectivity index (χ2v) is 4.83. The van der Waals surface area contributed by atoms with Crippen LogP contribution < -0.4 is 5.32 Å². The summed E-state index contributed by atoms with van der Waals surface area (Å²) in [5.41, 5.74) is 0.179. The van der Waals surface area contributed by atoms with Crippen LogP contribution in [-0.2, 0) is 4.74 Å². The molecule has 0 spiro atoms. The lowest BCUT2D eigenvalue weighted by Gasteiger charge is -2.14. The molecule has 1 rings (SSSR count). The van der Waals surface area contributed by atoms with Crippen LogP contribution in [0.4, 0.5) is 10.1 Å². The van der Waals surface area contributed by atoms with Gasteiger partial charge < -0.3 is 15.2 Å². The maximum absolute atomic E-state index is 13.9. The molecule has 0 bridgehead atoms. The summed E-state index contributed by atoms with van der Waals surface area (Å²) in [6, 6.07) is 2.78. The summed E-state index contributed by atoms with van der Waals surface area (Å²) in [4.78, 5) is 10.8. The quantitative estimate of drug-likeness (QED) is 0.846. The van der Waals surface area contributed by atoms with Gasteiger partial charge in [-0.15, -0.1) is 0 Å². The fourth-order valence-electron chi connectivity index (χ4n) is 1.48. The summed E-state index contributed by atoms with van der Waals surface area (Å²) in [6.45, 7) is 3.09. The topological polar surface area (TPSA) is 58.6 Å². The minimum Gasteiger partial charge on any atom is -0.478 e. The third kappa shape index (κ3) is 3.68. The molecule has 1 aromatic carbocycles. The van der Waals surface area contributed by atoms with Gasteiger partial charge in [0, 0.05) is 13.7 Å². The molecule has 0 aromatic heterocycles. The van der Waals surface area contributed by atoms with Gasteiger partial charge >= 0.3 is 5.97 Å². The smallest absolute Gasteiger partial charge is 0.336 e. The first-order valence-electron chi connectivity index (χ1n) is 5.41. The number of ether oxygens (including phenoxy) is 1. The minimum atomic E-state index is -1.17. The SMILES string of the molecule is COCC(C)CNc1ccc(C(=O)O)c(Br)c1F. The van der Waals surface area contributed by atoms with Gasteiger partial charge in [0.05, 0.1) is 22.3 Å². The summed E-state index contributed by atoms with van der Waals surface area (Å²) in [6.07, 6.45) is 0. The van der Waals surface area contributed by atoms with E-state index >= 15 is 0 Å². The second kappa shape index (κ2) is 6.70. The number of carboxylic acid groups (broad SMARTS) is 1. The standard InChI is InChI=1S/C12H15BrFNO3/c1-7(6-18-2)5-15-9-4-3-8(12(16)17)10(13)11(9)14/h3-4,7,15H,5-6H2,1-2H3,(H,16,17). The van der Waals surface area contributed by atoms with Crippen molar-refractivity contribution in [2.75, 3.05) is 25.6 Å². The molecule has 0 saturated heterocycles. The van der Waals surface area contributed by atoms with Crippen LogP contribution in [-0.4, -0.2) is 31.3 Å². The predicted octanol–water partition coefficient (Wildman–Crippen LogP) is 2.98. The third-order valence-electron chi connectivity index (χ3n) is 2.40. The number of hydrogen-bond acceptors (Lipinski definition) is 3. The van der Waals surface area contributed by atoms with Crippen molar-refractivity contribution in [1.82, 2.24) is 0 Å². The van der Waals surface area contributed by atoms with E-state index in [1.54, 1.807) is 7.11 Å². The summed E-state index contributed by atoms with van der Waals surface area (Å²) < 4.78 is 18.8. The van der Waals surface area contributed by atoms with Crippen LogP contribution in [0.15, 0.2) is 16.6 Å². The Hall–Kier alpha value is -1.14. The summed E-state index contributed by atoms with van der Waals surface area (Å²) in [5, 5.41) is 11.8. The van der Waals surface area contributed by atoms with Gasteiger partial charge in [0.15, 0.2) is 5.82 Å². The third-order valence-corrected chi connectivity index (χ3v) is 3.18. The zero-order valence-corrected chi connectivity index (χ0v) is 11.8. The van der Waals surface area contributed by atoms with Crippen molar-refractivity contribution in [3.63, 3.8) is 0 Å². The van der Waals surface area contributed by atoms with Crippen LogP contribution in [0.1, 0.15) is 17.3 Å². The normalized spacial score (nSPS) is 12.2. The van der Waals surface area contributed by atoms with Crippen molar-refractivity contribution in [3.8, 4) is 0 Å². The van der Waals surface area contributed by atoms with Gasteiger partial charge in [0.1, 0.15) is 0 Å². The van der Waals surface area contributed by atoms with Crippen LogP contribution in [0, 0.1) is 11.7 Å². The average molecular weight is 320 g/mol. The molecular formula is C12H15BrFNO3. The Morgan fingerprint density at radius 1 is 1.61 bits per heavy atom. The van der Waals surface area contributed by atoms with Crippen molar-refractivity contribution in [2.24, 2.45) is 5.92 Å². The molecule has 0 saturated carbocycles. The number of benzene rings is 1. The fourth-order valence-corrected chi connectivity index (χ4v) is 1.99. The number of nitrogens with one attached hydrogen (secondary N) is 1. The van der Waals surface area contributed by atoms with Gasteiger partial charge in [-0.2, -0.15) is 0 Å². The highest BCUT2D eigenvalue weighted by atomic mass is 79.9. The minimum absolute atomic E-state index is 0.0422. The van der Waals surface area contributed by atoms with Gasteiger partial charge in [-0.25, -0.2) is 9.18 Å². The number of aromatic carboxylic acids is 1. The number of halogens is 2. The number of carboxylic acids is 1. The number of anilines is 1. The van der Waals surface area contributed by atoms with Crippen molar-refractivity contribution in [2.45, 2.75) is 6.92 Å². The highest BCUT2D eigenvalue weighted by Crippen LogP contribution is 2.27. The van der Waals surface area contributed by atoms with Gasteiger partial charge in [0.25, 0.3) is 0 Å². The van der Waals surface area contributed by atoms with Crippen molar-refractivity contribution >= 4 is 27.6 Å². The molecule has 0 amide bonds. The van der Waals surface area contributed by atoms with E-state index in [-0.39, 0.29) is 21.6 Å². The Bertz CT molecular complexity index is 440. The lowest BCUT2D eigenvalue weighted by atomic mass is 10.1. The molecule has 2 N–H and O–H groups in total. The molecule has 4 nitrogen and oxygen atoms in total. The molecule has 0 aliphatic carbocycles. The van der Waals surface area contributed by atoms with Gasteiger partial charge in [-0.1, -0.05) is 6.92 Å². The van der Waals surface area contributed by atoms with Crippen LogP contribution in [0.2, 0.25) is 0 Å². The number of carbonyl (C=O) groups is 1. The molecule has 18 heavy (non-hydrogen) atoms. The molecule has 0 aliphatic rings.